The Kier molecular flexibility index (Phi) is 2.33. The standard InChI is InChI=1S/C12H16O2/c1-9(14-2)10-3-5-11(6-4-10)12(13)7-8-12/h3-6,9,13H,7-8H2,1-2H3. The molecule has 0 heterocycles. The van der Waals surface area contributed by atoms with Crippen molar-refractivity contribution in [3.05, 3.63) is 35.4 Å². The highest BCUT2D eigenvalue weighted by atomic mass is 16.5. The molecule has 2 rings (SSSR count). The lowest BCUT2D eigenvalue weighted by Crippen LogP contribution is -2.04. The molecule has 76 valence electrons. The first-order chi connectivity index (χ1) is 6.65. The maximum absolute atomic E-state index is 9.86. The molecular weight excluding hydrogens is 176 g/mol. The minimum atomic E-state index is -0.519. The maximum atomic E-state index is 9.86. The van der Waals surface area contributed by atoms with E-state index in [1.807, 2.05) is 31.2 Å². The second-order valence-corrected chi connectivity index (χ2v) is 4.03. The van der Waals surface area contributed by atoms with Gasteiger partial charge in [0.2, 0.25) is 0 Å². The monoisotopic (exact) mass is 192 g/mol. The molecule has 1 N–H and O–H groups in total. The van der Waals surface area contributed by atoms with Crippen molar-refractivity contribution in [1.29, 1.82) is 0 Å². The van der Waals surface area contributed by atoms with Crippen molar-refractivity contribution in [3.63, 3.8) is 0 Å². The Bertz CT molecular complexity index is 312. The van der Waals surface area contributed by atoms with Gasteiger partial charge in [0.15, 0.2) is 0 Å². The zero-order valence-electron chi connectivity index (χ0n) is 8.66. The molecule has 1 unspecified atom stereocenters. The van der Waals surface area contributed by atoms with Crippen LogP contribution in [0.5, 0.6) is 0 Å². The van der Waals surface area contributed by atoms with Gasteiger partial charge in [0.05, 0.1) is 11.7 Å². The second-order valence-electron chi connectivity index (χ2n) is 4.03. The van der Waals surface area contributed by atoms with E-state index in [-0.39, 0.29) is 6.10 Å². The van der Waals surface area contributed by atoms with Crippen molar-refractivity contribution in [2.45, 2.75) is 31.5 Å². The van der Waals surface area contributed by atoms with Gasteiger partial charge >= 0.3 is 0 Å². The van der Waals surface area contributed by atoms with Gasteiger partial charge in [-0.3, -0.25) is 0 Å². The molecule has 2 heteroatoms. The first-order valence-electron chi connectivity index (χ1n) is 5.01. The topological polar surface area (TPSA) is 29.5 Å². The SMILES string of the molecule is COC(C)c1ccc(C2(O)CC2)cc1. The zero-order chi connectivity index (χ0) is 10.2. The Balaban J connectivity index is 2.18. The van der Waals surface area contributed by atoms with E-state index in [4.69, 9.17) is 4.74 Å². The van der Waals surface area contributed by atoms with Gasteiger partial charge in [-0.2, -0.15) is 0 Å². The van der Waals surface area contributed by atoms with E-state index in [1.165, 1.54) is 0 Å². The fraction of sp³-hybridized carbons (Fsp3) is 0.500. The van der Waals surface area contributed by atoms with Crippen LogP contribution in [0.15, 0.2) is 24.3 Å². The van der Waals surface area contributed by atoms with Gasteiger partial charge in [0.25, 0.3) is 0 Å². The molecule has 0 spiro atoms. The van der Waals surface area contributed by atoms with Crippen molar-refractivity contribution < 1.29 is 9.84 Å². The lowest BCUT2D eigenvalue weighted by Gasteiger charge is -2.12. The van der Waals surface area contributed by atoms with Crippen LogP contribution in [0.3, 0.4) is 0 Å². The summed E-state index contributed by atoms with van der Waals surface area (Å²) in [5.41, 5.74) is 1.67. The fourth-order valence-corrected chi connectivity index (χ4v) is 1.61. The van der Waals surface area contributed by atoms with Gasteiger partial charge in [-0.05, 0) is 30.9 Å². The van der Waals surface area contributed by atoms with E-state index in [0.717, 1.165) is 24.0 Å². The lowest BCUT2D eigenvalue weighted by atomic mass is 10.0. The largest absolute Gasteiger partial charge is 0.385 e. The Labute approximate surface area is 84.5 Å². The van der Waals surface area contributed by atoms with Gasteiger partial charge in [-0.1, -0.05) is 24.3 Å². The molecule has 1 saturated carbocycles. The van der Waals surface area contributed by atoms with Crippen molar-refractivity contribution in [2.24, 2.45) is 0 Å². The zero-order valence-corrected chi connectivity index (χ0v) is 8.66. The summed E-state index contributed by atoms with van der Waals surface area (Å²) in [4.78, 5) is 0. The molecule has 2 nitrogen and oxygen atoms in total. The summed E-state index contributed by atoms with van der Waals surface area (Å²) in [6, 6.07) is 8.05. The predicted octanol–water partition coefficient (Wildman–Crippen LogP) is 2.38. The highest BCUT2D eigenvalue weighted by Gasteiger charge is 2.41. The molecule has 1 aromatic carbocycles. The number of hydrogen-bond donors (Lipinski definition) is 1. The third-order valence-corrected chi connectivity index (χ3v) is 2.99. The van der Waals surface area contributed by atoms with E-state index in [2.05, 4.69) is 0 Å². The number of benzene rings is 1. The average Bonchev–Trinajstić information content (AvgIpc) is 2.97. The number of hydrogen-bond acceptors (Lipinski definition) is 2. The Morgan fingerprint density at radius 2 is 1.86 bits per heavy atom. The number of rotatable bonds is 3. The fourth-order valence-electron chi connectivity index (χ4n) is 1.61. The van der Waals surface area contributed by atoms with Crippen LogP contribution in [0.2, 0.25) is 0 Å². The molecular formula is C12H16O2. The molecule has 0 saturated heterocycles. The van der Waals surface area contributed by atoms with Crippen molar-refractivity contribution >= 4 is 0 Å². The van der Waals surface area contributed by atoms with Crippen molar-refractivity contribution in [3.8, 4) is 0 Å². The van der Waals surface area contributed by atoms with Crippen LogP contribution in [0.4, 0.5) is 0 Å². The lowest BCUT2D eigenvalue weighted by molar-refractivity contribution is 0.119. The molecule has 14 heavy (non-hydrogen) atoms. The van der Waals surface area contributed by atoms with E-state index < -0.39 is 5.60 Å². The van der Waals surface area contributed by atoms with E-state index in [9.17, 15) is 5.11 Å². The van der Waals surface area contributed by atoms with Crippen molar-refractivity contribution in [2.75, 3.05) is 7.11 Å². The number of aliphatic hydroxyl groups is 1. The minimum absolute atomic E-state index is 0.123. The van der Waals surface area contributed by atoms with E-state index >= 15 is 0 Å². The molecule has 0 amide bonds. The Hall–Kier alpha value is -0.860. The quantitative estimate of drug-likeness (QED) is 0.796. The molecule has 0 radical (unpaired) electrons. The third-order valence-electron chi connectivity index (χ3n) is 2.99. The van der Waals surface area contributed by atoms with Crippen LogP contribution in [-0.4, -0.2) is 12.2 Å². The first-order valence-corrected chi connectivity index (χ1v) is 5.01. The summed E-state index contributed by atoms with van der Waals surface area (Å²) < 4.78 is 5.21. The minimum Gasteiger partial charge on any atom is -0.385 e. The van der Waals surface area contributed by atoms with Crippen LogP contribution in [0, 0.1) is 0 Å². The number of methoxy groups -OCH3 is 1. The highest BCUT2D eigenvalue weighted by molar-refractivity contribution is 5.31. The Morgan fingerprint density at radius 1 is 1.29 bits per heavy atom. The van der Waals surface area contributed by atoms with Crippen LogP contribution in [-0.2, 0) is 10.3 Å². The van der Waals surface area contributed by atoms with Crippen LogP contribution < -0.4 is 0 Å². The van der Waals surface area contributed by atoms with Crippen molar-refractivity contribution in [1.82, 2.24) is 0 Å². The third kappa shape index (κ3) is 1.68. The molecule has 1 atom stereocenters. The molecule has 1 aliphatic rings. The van der Waals surface area contributed by atoms with Gasteiger partial charge in [0, 0.05) is 7.11 Å². The Morgan fingerprint density at radius 3 is 2.29 bits per heavy atom. The van der Waals surface area contributed by atoms with Gasteiger partial charge < -0.3 is 9.84 Å². The molecule has 0 aliphatic heterocycles. The summed E-state index contributed by atoms with van der Waals surface area (Å²) in [5, 5.41) is 9.86. The van der Waals surface area contributed by atoms with E-state index in [0.29, 0.717) is 0 Å². The molecule has 0 bridgehead atoms. The summed E-state index contributed by atoms with van der Waals surface area (Å²) in [6.07, 6.45) is 1.91. The van der Waals surface area contributed by atoms with Gasteiger partial charge in [0.1, 0.15) is 0 Å². The predicted molar refractivity (Wildman–Crippen MR) is 55.0 cm³/mol. The molecule has 1 aromatic rings. The molecule has 1 aliphatic carbocycles. The first kappa shape index (κ1) is 9.69. The average molecular weight is 192 g/mol. The van der Waals surface area contributed by atoms with Crippen LogP contribution in [0.1, 0.15) is 37.0 Å². The summed E-state index contributed by atoms with van der Waals surface area (Å²) >= 11 is 0. The molecule has 0 aromatic heterocycles. The van der Waals surface area contributed by atoms with Gasteiger partial charge in [-0.15, -0.1) is 0 Å². The van der Waals surface area contributed by atoms with E-state index in [1.54, 1.807) is 7.11 Å². The second kappa shape index (κ2) is 3.37. The summed E-state index contributed by atoms with van der Waals surface area (Å²) in [5.74, 6) is 0. The maximum Gasteiger partial charge on any atom is 0.0899 e. The summed E-state index contributed by atoms with van der Waals surface area (Å²) in [7, 11) is 1.70. The number of ether oxygens (including phenoxy) is 1. The van der Waals surface area contributed by atoms with Gasteiger partial charge in [-0.25, -0.2) is 0 Å². The highest BCUT2D eigenvalue weighted by Crippen LogP contribution is 2.45. The smallest absolute Gasteiger partial charge is 0.0899 e. The normalized spacial score (nSPS) is 20.5. The van der Waals surface area contributed by atoms with Crippen LogP contribution >= 0.6 is 0 Å². The summed E-state index contributed by atoms with van der Waals surface area (Å²) in [6.45, 7) is 2.01. The van der Waals surface area contributed by atoms with Crippen LogP contribution in [0.25, 0.3) is 0 Å². The molecule has 1 fully saturated rings.